The first-order valence-corrected chi connectivity index (χ1v) is 7.82. The van der Waals surface area contributed by atoms with E-state index >= 15 is 0 Å². The van der Waals surface area contributed by atoms with Gasteiger partial charge < -0.3 is 5.32 Å². The average Bonchev–Trinajstić information content (AvgIpc) is 3.08. The van der Waals surface area contributed by atoms with Crippen LogP contribution in [-0.4, -0.2) is 17.6 Å². The van der Waals surface area contributed by atoms with Crippen molar-refractivity contribution < 1.29 is 0 Å². The summed E-state index contributed by atoms with van der Waals surface area (Å²) in [6, 6.07) is 0.773. The van der Waals surface area contributed by atoms with Crippen LogP contribution in [0.5, 0.6) is 0 Å². The molecule has 96 valence electrons. The number of aromatic nitrogens is 1. The highest BCUT2D eigenvalue weighted by Crippen LogP contribution is 2.34. The molecule has 0 spiro atoms. The van der Waals surface area contributed by atoms with Gasteiger partial charge in [0, 0.05) is 11.4 Å². The van der Waals surface area contributed by atoms with Gasteiger partial charge in [0.15, 0.2) is 0 Å². The highest BCUT2D eigenvalue weighted by Gasteiger charge is 2.29. The van der Waals surface area contributed by atoms with E-state index in [9.17, 15) is 0 Å². The topological polar surface area (TPSA) is 24.9 Å². The van der Waals surface area contributed by atoms with Gasteiger partial charge in [-0.25, -0.2) is 4.98 Å². The quantitative estimate of drug-likeness (QED) is 0.765. The summed E-state index contributed by atoms with van der Waals surface area (Å²) in [7, 11) is 0. The Hall–Kier alpha value is -0.410. The van der Waals surface area contributed by atoms with Gasteiger partial charge in [-0.2, -0.15) is 0 Å². The molecule has 1 unspecified atom stereocenters. The minimum absolute atomic E-state index is 0.773. The van der Waals surface area contributed by atoms with Crippen LogP contribution in [0.4, 0.5) is 0 Å². The smallest absolute Gasteiger partial charge is 0.0897 e. The molecule has 2 nitrogen and oxygen atoms in total. The van der Waals surface area contributed by atoms with E-state index in [2.05, 4.69) is 29.5 Å². The van der Waals surface area contributed by atoms with Gasteiger partial charge in [0.25, 0.3) is 0 Å². The summed E-state index contributed by atoms with van der Waals surface area (Å²) in [6.45, 7) is 5.51. The summed E-state index contributed by atoms with van der Waals surface area (Å²) in [6.07, 6.45) is 7.88. The van der Waals surface area contributed by atoms with Crippen LogP contribution in [0.3, 0.4) is 0 Å². The number of nitrogens with zero attached hydrogens (tertiary/aromatic N) is 1. The van der Waals surface area contributed by atoms with Crippen LogP contribution in [-0.2, 0) is 6.42 Å². The molecule has 0 saturated heterocycles. The van der Waals surface area contributed by atoms with Gasteiger partial charge in [0.05, 0.1) is 10.7 Å². The number of aryl methyl sites for hydroxylation is 2. The Bertz CT molecular complexity index is 331. The standard InChI is InChI=1S/C14H24N2S/c1-3-9-15-14(12-7-8-12)6-4-5-13-10-17-11(2)16-13/h10,12,14-15H,3-9H2,1-2H3. The Morgan fingerprint density at radius 2 is 2.35 bits per heavy atom. The first-order valence-electron chi connectivity index (χ1n) is 6.94. The zero-order valence-electron chi connectivity index (χ0n) is 11.0. The predicted molar refractivity (Wildman–Crippen MR) is 74.6 cm³/mol. The molecule has 2 rings (SSSR count). The van der Waals surface area contributed by atoms with Crippen molar-refractivity contribution in [2.45, 2.75) is 58.4 Å². The van der Waals surface area contributed by atoms with Gasteiger partial charge in [-0.15, -0.1) is 11.3 Å². The van der Waals surface area contributed by atoms with Gasteiger partial charge in [0.2, 0.25) is 0 Å². The van der Waals surface area contributed by atoms with Crippen LogP contribution in [0.1, 0.15) is 49.7 Å². The largest absolute Gasteiger partial charge is 0.314 e. The number of nitrogens with one attached hydrogen (secondary N) is 1. The van der Waals surface area contributed by atoms with Crippen LogP contribution >= 0.6 is 11.3 Å². The van der Waals surface area contributed by atoms with Crippen molar-refractivity contribution >= 4 is 11.3 Å². The van der Waals surface area contributed by atoms with Crippen LogP contribution in [0.15, 0.2) is 5.38 Å². The maximum Gasteiger partial charge on any atom is 0.0897 e. The summed E-state index contributed by atoms with van der Waals surface area (Å²) >= 11 is 1.77. The van der Waals surface area contributed by atoms with E-state index in [0.29, 0.717) is 0 Å². The Morgan fingerprint density at radius 3 is 2.94 bits per heavy atom. The Labute approximate surface area is 109 Å². The minimum atomic E-state index is 0.773. The highest BCUT2D eigenvalue weighted by molar-refractivity contribution is 7.09. The first kappa shape index (κ1) is 13.0. The van der Waals surface area contributed by atoms with Crippen molar-refractivity contribution in [2.24, 2.45) is 5.92 Å². The van der Waals surface area contributed by atoms with Gasteiger partial charge in [0.1, 0.15) is 0 Å². The van der Waals surface area contributed by atoms with E-state index < -0.39 is 0 Å². The molecule has 1 N–H and O–H groups in total. The lowest BCUT2D eigenvalue weighted by Gasteiger charge is -2.17. The maximum atomic E-state index is 4.53. The molecule has 1 fully saturated rings. The van der Waals surface area contributed by atoms with Crippen LogP contribution in [0, 0.1) is 12.8 Å². The number of rotatable bonds is 8. The molecule has 0 aromatic carbocycles. The molecule has 17 heavy (non-hydrogen) atoms. The molecule has 0 radical (unpaired) electrons. The molecule has 3 heteroatoms. The third kappa shape index (κ3) is 4.40. The zero-order chi connectivity index (χ0) is 12.1. The van der Waals surface area contributed by atoms with Gasteiger partial charge >= 0.3 is 0 Å². The van der Waals surface area contributed by atoms with E-state index in [1.54, 1.807) is 11.3 Å². The van der Waals surface area contributed by atoms with Crippen molar-refractivity contribution in [3.05, 3.63) is 16.1 Å². The molecular formula is C14H24N2S. The lowest BCUT2D eigenvalue weighted by Crippen LogP contribution is -2.31. The van der Waals surface area contributed by atoms with Crippen LogP contribution in [0.25, 0.3) is 0 Å². The molecule has 1 aromatic heterocycles. The molecule has 1 aliphatic rings. The van der Waals surface area contributed by atoms with Crippen LogP contribution in [0.2, 0.25) is 0 Å². The fraction of sp³-hybridized carbons (Fsp3) is 0.786. The van der Waals surface area contributed by atoms with Gasteiger partial charge in [-0.05, 0) is 57.9 Å². The SMILES string of the molecule is CCCNC(CCCc1csc(C)n1)C1CC1. The lowest BCUT2D eigenvalue weighted by molar-refractivity contribution is 0.424. The Kier molecular flexibility index (Phi) is 4.99. The van der Waals surface area contributed by atoms with E-state index in [-0.39, 0.29) is 0 Å². The Morgan fingerprint density at radius 1 is 1.53 bits per heavy atom. The highest BCUT2D eigenvalue weighted by atomic mass is 32.1. The normalized spacial score (nSPS) is 17.3. The number of hydrogen-bond donors (Lipinski definition) is 1. The maximum absolute atomic E-state index is 4.53. The fourth-order valence-electron chi connectivity index (χ4n) is 2.36. The molecule has 1 heterocycles. The van der Waals surface area contributed by atoms with Crippen LogP contribution < -0.4 is 5.32 Å². The lowest BCUT2D eigenvalue weighted by atomic mass is 10.0. The molecule has 1 atom stereocenters. The summed E-state index contributed by atoms with van der Waals surface area (Å²) in [5.41, 5.74) is 1.29. The van der Waals surface area contributed by atoms with E-state index in [0.717, 1.165) is 18.4 Å². The van der Waals surface area contributed by atoms with Gasteiger partial charge in [-0.3, -0.25) is 0 Å². The molecule has 0 bridgehead atoms. The molecule has 1 aromatic rings. The molecular weight excluding hydrogens is 228 g/mol. The Balaban J connectivity index is 1.68. The fourth-order valence-corrected chi connectivity index (χ4v) is 3.01. The van der Waals surface area contributed by atoms with Crippen molar-refractivity contribution in [3.63, 3.8) is 0 Å². The third-order valence-corrected chi connectivity index (χ3v) is 4.28. The summed E-state index contributed by atoms with van der Waals surface area (Å²) < 4.78 is 0. The second kappa shape index (κ2) is 6.50. The van der Waals surface area contributed by atoms with Crippen molar-refractivity contribution in [3.8, 4) is 0 Å². The molecule has 1 saturated carbocycles. The molecule has 0 amide bonds. The van der Waals surface area contributed by atoms with Crippen molar-refractivity contribution in [1.82, 2.24) is 10.3 Å². The number of thiazole rings is 1. The minimum Gasteiger partial charge on any atom is -0.314 e. The summed E-state index contributed by atoms with van der Waals surface area (Å²) in [5.74, 6) is 0.971. The average molecular weight is 252 g/mol. The monoisotopic (exact) mass is 252 g/mol. The van der Waals surface area contributed by atoms with E-state index in [1.165, 1.54) is 49.4 Å². The van der Waals surface area contributed by atoms with Crippen molar-refractivity contribution in [1.29, 1.82) is 0 Å². The summed E-state index contributed by atoms with van der Waals surface area (Å²) in [4.78, 5) is 4.53. The number of hydrogen-bond acceptors (Lipinski definition) is 3. The molecule has 0 aliphatic heterocycles. The summed E-state index contributed by atoms with van der Waals surface area (Å²) in [5, 5.41) is 7.11. The van der Waals surface area contributed by atoms with Gasteiger partial charge in [-0.1, -0.05) is 6.92 Å². The molecule has 1 aliphatic carbocycles. The van der Waals surface area contributed by atoms with E-state index in [1.807, 2.05) is 0 Å². The predicted octanol–water partition coefficient (Wildman–Crippen LogP) is 3.55. The zero-order valence-corrected chi connectivity index (χ0v) is 11.9. The second-order valence-corrected chi connectivity index (χ2v) is 6.21. The van der Waals surface area contributed by atoms with Crippen molar-refractivity contribution in [2.75, 3.05) is 6.54 Å². The second-order valence-electron chi connectivity index (χ2n) is 5.15. The third-order valence-electron chi connectivity index (χ3n) is 3.46. The van der Waals surface area contributed by atoms with E-state index in [4.69, 9.17) is 0 Å². The first-order chi connectivity index (χ1) is 8.29.